The average Bonchev–Trinajstić information content (AvgIpc) is 3.56. The number of hydrogen-bond acceptors (Lipinski definition) is 5. The summed E-state index contributed by atoms with van der Waals surface area (Å²) in [6, 6.07) is 17.5. The Morgan fingerprint density at radius 3 is 1.74 bits per heavy atom. The Morgan fingerprint density at radius 2 is 1.26 bits per heavy atom. The number of aryl methyl sites for hydroxylation is 2. The zero-order chi connectivity index (χ0) is 37.5. The third kappa shape index (κ3) is 11.6. The molecule has 1 aliphatic rings. The van der Waals surface area contributed by atoms with Gasteiger partial charge in [0.25, 0.3) is 0 Å². The molecule has 1 fully saturated rings. The third-order valence-corrected chi connectivity index (χ3v) is 10.6. The van der Waals surface area contributed by atoms with E-state index < -0.39 is 42.2 Å². The molecule has 1 atom stereocenters. The van der Waals surface area contributed by atoms with Crippen molar-refractivity contribution in [2.75, 3.05) is 0 Å². The number of aromatic carboxylic acids is 1. The zero-order valence-electron chi connectivity index (χ0n) is 29.5. The molecule has 11 heteroatoms. The van der Waals surface area contributed by atoms with E-state index in [2.05, 4.69) is 30.3 Å². The van der Waals surface area contributed by atoms with Gasteiger partial charge in [-0.05, 0) is 121 Å². The molecule has 3 rings (SSSR count). The topological polar surface area (TPSA) is 190 Å². The molecule has 2 aromatic carbocycles. The van der Waals surface area contributed by atoms with Crippen molar-refractivity contribution in [2.45, 2.75) is 104 Å². The molecule has 10 nitrogen and oxygen atoms in total. The van der Waals surface area contributed by atoms with Gasteiger partial charge in [-0.2, -0.15) is 0 Å². The van der Waals surface area contributed by atoms with E-state index in [1.807, 2.05) is 45.0 Å². The summed E-state index contributed by atoms with van der Waals surface area (Å²) >= 11 is 0. The van der Waals surface area contributed by atoms with Gasteiger partial charge in [0.2, 0.25) is 10.8 Å². The predicted molar refractivity (Wildman–Crippen MR) is 194 cm³/mol. The van der Waals surface area contributed by atoms with Crippen LogP contribution in [0.2, 0.25) is 0 Å². The fourth-order valence-electron chi connectivity index (χ4n) is 6.45. The highest BCUT2D eigenvalue weighted by molar-refractivity contribution is 7.53. The minimum absolute atomic E-state index is 0.154. The van der Waals surface area contributed by atoms with Crippen LogP contribution in [0.4, 0.5) is 0 Å². The predicted octanol–water partition coefficient (Wildman–Crippen LogP) is 8.18. The maximum absolute atomic E-state index is 12.4. The number of hydrogen-bond donors (Lipinski definition) is 6. The minimum Gasteiger partial charge on any atom is -0.480 e. The number of carboxylic acids is 3. The van der Waals surface area contributed by atoms with E-state index in [9.17, 15) is 44.1 Å². The largest absolute Gasteiger partial charge is 0.480 e. The number of aliphatic carboxylic acids is 2. The summed E-state index contributed by atoms with van der Waals surface area (Å²) in [5, 5.41) is 36.4. The van der Waals surface area contributed by atoms with Crippen molar-refractivity contribution < 1.29 is 49.2 Å². The lowest BCUT2D eigenvalue weighted by molar-refractivity contribution is -0.182. The maximum atomic E-state index is 12.4. The number of benzene rings is 2. The summed E-state index contributed by atoms with van der Waals surface area (Å²) in [6.07, 6.45) is 11.9. The van der Waals surface area contributed by atoms with E-state index in [-0.39, 0.29) is 12.8 Å². The normalized spacial score (nSPS) is 15.4. The molecule has 1 aliphatic carbocycles. The highest BCUT2D eigenvalue weighted by Crippen LogP contribution is 2.63. The Bertz CT molecular complexity index is 1550. The van der Waals surface area contributed by atoms with Crippen molar-refractivity contribution in [3.63, 3.8) is 0 Å². The van der Waals surface area contributed by atoms with Crippen LogP contribution in [0.1, 0.15) is 107 Å². The number of rotatable bonds is 17. The Balaban J connectivity index is 0.000000403. The first kappa shape index (κ1) is 42.3. The van der Waals surface area contributed by atoms with Crippen LogP contribution in [0, 0.1) is 11.3 Å². The van der Waals surface area contributed by atoms with Gasteiger partial charge < -0.3 is 30.2 Å². The minimum atomic E-state index is -5.60. The molecular weight excluding hydrogens is 659 g/mol. The molecule has 0 spiro atoms. The molecule has 0 bridgehead atoms. The lowest BCUT2D eigenvalue weighted by atomic mass is 9.69. The number of aliphatic hydroxyl groups is 1. The Labute approximate surface area is 295 Å². The van der Waals surface area contributed by atoms with Crippen molar-refractivity contribution in [1.29, 1.82) is 0 Å². The fraction of sp³-hybridized carbons (Fsp3) is 0.462. The van der Waals surface area contributed by atoms with E-state index >= 15 is 0 Å². The van der Waals surface area contributed by atoms with Crippen LogP contribution >= 0.6 is 7.60 Å². The summed E-state index contributed by atoms with van der Waals surface area (Å²) in [7, 11) is -5.60. The van der Waals surface area contributed by atoms with E-state index in [1.54, 1.807) is 12.1 Å². The number of allylic oxidation sites excluding steroid dienone is 5. The molecule has 0 heterocycles. The average molecular weight is 713 g/mol. The van der Waals surface area contributed by atoms with E-state index in [0.717, 1.165) is 43.8 Å². The fourth-order valence-corrected chi connectivity index (χ4v) is 7.67. The van der Waals surface area contributed by atoms with Crippen molar-refractivity contribution >= 4 is 25.5 Å². The smallest absolute Gasteiger partial charge is 0.362 e. The molecule has 274 valence electrons. The van der Waals surface area contributed by atoms with Crippen LogP contribution in [-0.4, -0.2) is 53.5 Å². The molecule has 1 saturated carbocycles. The molecule has 6 N–H and O–H groups in total. The Kier molecular flexibility index (Phi) is 16.5. The summed E-state index contributed by atoms with van der Waals surface area (Å²) in [4.78, 5) is 55.2. The summed E-state index contributed by atoms with van der Waals surface area (Å²) in [5.41, 5.74) is 2.53. The van der Waals surface area contributed by atoms with Crippen molar-refractivity contribution in [3.8, 4) is 0 Å². The van der Waals surface area contributed by atoms with Crippen LogP contribution < -0.4 is 0 Å². The highest BCUT2D eigenvalue weighted by Gasteiger charge is 2.72. The summed E-state index contributed by atoms with van der Waals surface area (Å²) in [6.45, 7) is 7.53. The van der Waals surface area contributed by atoms with Crippen LogP contribution in [-0.2, 0) is 27.0 Å². The zero-order valence-corrected chi connectivity index (χ0v) is 30.4. The second-order valence-electron chi connectivity index (χ2n) is 13.4. The van der Waals surface area contributed by atoms with Gasteiger partial charge >= 0.3 is 25.5 Å². The number of carboxylic acid groups (broad SMARTS) is 3. The molecule has 50 heavy (non-hydrogen) atoms. The van der Waals surface area contributed by atoms with Crippen molar-refractivity contribution in [3.05, 3.63) is 106 Å². The standard InChI is InChI=1S/C23H37O8P.C16H16O2/c1-16(2)9-7-10-17(3)11-8-12-18(4)15-22(28,32(29,30)31)23(20(24)25,21(26)27)19-13-5-6-14-19;17-16(18)15-11-9-14(10-12-15)8-4-7-13-5-2-1-3-6-13/h9,11,15,19,28H,5-8,10,12-14H2,1-4H3,(H,24,25)(H,26,27)(H2,29,30,31);1-3,5-6,9-12H,4,7-8H2,(H,17,18). The molecule has 0 aromatic heterocycles. The van der Waals surface area contributed by atoms with Crippen molar-refractivity contribution in [2.24, 2.45) is 11.3 Å². The second-order valence-corrected chi connectivity index (χ2v) is 15.2. The van der Waals surface area contributed by atoms with Gasteiger partial charge in [0.1, 0.15) is 0 Å². The highest BCUT2D eigenvalue weighted by atomic mass is 31.2. The molecule has 2 aromatic rings. The van der Waals surface area contributed by atoms with E-state index in [4.69, 9.17) is 5.11 Å². The quantitative estimate of drug-likeness (QED) is 0.0530. The van der Waals surface area contributed by atoms with E-state index in [1.165, 1.54) is 23.6 Å². The maximum Gasteiger partial charge on any atom is 0.362 e. The van der Waals surface area contributed by atoms with Crippen LogP contribution in [0.15, 0.2) is 89.5 Å². The van der Waals surface area contributed by atoms with Gasteiger partial charge in [0, 0.05) is 0 Å². The van der Waals surface area contributed by atoms with Gasteiger partial charge in [0.15, 0.2) is 0 Å². The van der Waals surface area contributed by atoms with Crippen LogP contribution in [0.3, 0.4) is 0 Å². The number of carbonyl (C=O) groups is 3. The van der Waals surface area contributed by atoms with Crippen LogP contribution in [0.5, 0.6) is 0 Å². The SMILES string of the molecule is CC(C)=CCCC(C)=CCCC(C)=CC(O)(C(C(=O)O)(C(=O)O)C1CCCC1)P(=O)(O)O.O=C(O)c1ccc(CCCc2ccccc2)cc1. The van der Waals surface area contributed by atoms with Gasteiger partial charge in [-0.1, -0.05) is 84.2 Å². The summed E-state index contributed by atoms with van der Waals surface area (Å²) < 4.78 is 12.4. The lowest BCUT2D eigenvalue weighted by Crippen LogP contribution is -2.60. The van der Waals surface area contributed by atoms with Gasteiger partial charge in [0.05, 0.1) is 5.56 Å². The molecule has 0 aliphatic heterocycles. The molecule has 1 unspecified atom stereocenters. The monoisotopic (exact) mass is 712 g/mol. The van der Waals surface area contributed by atoms with Crippen LogP contribution in [0.25, 0.3) is 0 Å². The lowest BCUT2D eigenvalue weighted by Gasteiger charge is -2.43. The van der Waals surface area contributed by atoms with Gasteiger partial charge in [-0.15, -0.1) is 0 Å². The van der Waals surface area contributed by atoms with Crippen molar-refractivity contribution in [1.82, 2.24) is 0 Å². The molecule has 0 radical (unpaired) electrons. The Hall–Kier alpha value is -3.82. The summed E-state index contributed by atoms with van der Waals surface area (Å²) in [5.74, 6) is -5.86. The van der Waals surface area contributed by atoms with Gasteiger partial charge in [-0.3, -0.25) is 14.2 Å². The second kappa shape index (κ2) is 19.5. The molecule has 0 saturated heterocycles. The third-order valence-electron chi connectivity index (χ3n) is 9.21. The Morgan fingerprint density at radius 1 is 0.760 bits per heavy atom. The molecular formula is C39H53O10P. The molecule has 0 amide bonds. The first-order valence-corrected chi connectivity index (χ1v) is 18.6. The first-order chi connectivity index (χ1) is 23.5. The first-order valence-electron chi connectivity index (χ1n) is 17.0. The van der Waals surface area contributed by atoms with Gasteiger partial charge in [-0.25, -0.2) is 4.79 Å². The van der Waals surface area contributed by atoms with E-state index in [0.29, 0.717) is 36.8 Å².